The van der Waals surface area contributed by atoms with Crippen LogP contribution >= 0.6 is 15.9 Å². The van der Waals surface area contributed by atoms with Crippen LogP contribution < -0.4 is 10.5 Å². The van der Waals surface area contributed by atoms with Gasteiger partial charge in [0, 0.05) is 16.7 Å². The van der Waals surface area contributed by atoms with Gasteiger partial charge < -0.3 is 5.73 Å². The summed E-state index contributed by atoms with van der Waals surface area (Å²) < 4.78 is 39.2. The second-order valence-electron chi connectivity index (χ2n) is 3.03. The van der Waals surface area contributed by atoms with Crippen LogP contribution in [0.4, 0.5) is 10.1 Å². The van der Waals surface area contributed by atoms with E-state index in [1.165, 1.54) is 6.07 Å². The van der Waals surface area contributed by atoms with Crippen molar-refractivity contribution in [2.24, 2.45) is 0 Å². The molecule has 0 fully saturated rings. The number of nitrogens with two attached hydrogens (primary N) is 1. The smallest absolute Gasteiger partial charge is 0.243 e. The number of sulfonamides is 1. The van der Waals surface area contributed by atoms with Crippen LogP contribution in [0, 0.1) is 5.82 Å². The van der Waals surface area contributed by atoms with Crippen LogP contribution in [-0.4, -0.2) is 15.0 Å². The van der Waals surface area contributed by atoms with Crippen molar-refractivity contribution < 1.29 is 12.8 Å². The maximum atomic E-state index is 13.3. The predicted molar refractivity (Wildman–Crippen MR) is 64.1 cm³/mol. The Morgan fingerprint density at radius 2 is 2.19 bits per heavy atom. The van der Waals surface area contributed by atoms with Gasteiger partial charge >= 0.3 is 0 Å². The molecule has 0 saturated carbocycles. The van der Waals surface area contributed by atoms with Crippen LogP contribution in [0.15, 0.2) is 34.2 Å². The van der Waals surface area contributed by atoms with Crippen molar-refractivity contribution in [3.63, 3.8) is 0 Å². The van der Waals surface area contributed by atoms with Gasteiger partial charge in [-0.3, -0.25) is 0 Å². The lowest BCUT2D eigenvalue weighted by Gasteiger charge is -2.07. The topological polar surface area (TPSA) is 72.2 Å². The zero-order valence-electron chi connectivity index (χ0n) is 8.20. The van der Waals surface area contributed by atoms with Gasteiger partial charge in [0.25, 0.3) is 0 Å². The van der Waals surface area contributed by atoms with E-state index in [0.717, 1.165) is 12.1 Å². The van der Waals surface area contributed by atoms with Gasteiger partial charge in [-0.1, -0.05) is 22.5 Å². The van der Waals surface area contributed by atoms with Gasteiger partial charge in [0.05, 0.1) is 0 Å². The number of halogens is 2. The molecule has 0 aliphatic rings. The van der Waals surface area contributed by atoms with Gasteiger partial charge in [0.1, 0.15) is 10.7 Å². The highest BCUT2D eigenvalue weighted by Gasteiger charge is 2.18. The second-order valence-corrected chi connectivity index (χ2v) is 5.89. The Morgan fingerprint density at radius 1 is 1.56 bits per heavy atom. The highest BCUT2D eigenvalue weighted by molar-refractivity contribution is 9.11. The van der Waals surface area contributed by atoms with Crippen molar-refractivity contribution in [1.29, 1.82) is 0 Å². The molecule has 0 aliphatic heterocycles. The molecular weight excluding hydrogens is 299 g/mol. The van der Waals surface area contributed by atoms with Crippen LogP contribution in [0.1, 0.15) is 0 Å². The summed E-state index contributed by atoms with van der Waals surface area (Å²) in [6.45, 7) is 3.45. The third-order valence-electron chi connectivity index (χ3n) is 1.70. The first-order chi connectivity index (χ1) is 7.33. The number of hydrogen-bond donors (Lipinski definition) is 2. The summed E-state index contributed by atoms with van der Waals surface area (Å²) in [5.41, 5.74) is 5.57. The average Bonchev–Trinajstić information content (AvgIpc) is 2.19. The summed E-state index contributed by atoms with van der Waals surface area (Å²) >= 11 is 2.99. The van der Waals surface area contributed by atoms with Gasteiger partial charge in [-0.15, -0.1) is 0 Å². The molecule has 88 valence electrons. The van der Waals surface area contributed by atoms with E-state index in [2.05, 4.69) is 27.2 Å². The molecule has 1 aromatic carbocycles. The van der Waals surface area contributed by atoms with E-state index in [9.17, 15) is 12.8 Å². The molecule has 0 unspecified atom stereocenters. The number of anilines is 1. The molecule has 7 heteroatoms. The fourth-order valence-electron chi connectivity index (χ4n) is 0.977. The van der Waals surface area contributed by atoms with Crippen molar-refractivity contribution in [3.05, 3.63) is 35.1 Å². The minimum Gasteiger partial charge on any atom is -0.399 e. The Hall–Kier alpha value is -0.920. The SMILES string of the molecule is C=C(Br)CNS(=O)(=O)c1cc(N)ccc1F. The fraction of sp³-hybridized carbons (Fsp3) is 0.111. The minimum atomic E-state index is -3.90. The zero-order valence-corrected chi connectivity index (χ0v) is 10.6. The van der Waals surface area contributed by atoms with Gasteiger partial charge in [-0.05, 0) is 18.2 Å². The standard InChI is InChI=1S/C9H10BrFN2O2S/c1-6(10)5-13-16(14,15)9-4-7(12)2-3-8(9)11/h2-4,13H,1,5,12H2. The molecule has 0 saturated heterocycles. The lowest BCUT2D eigenvalue weighted by Crippen LogP contribution is -2.25. The zero-order chi connectivity index (χ0) is 12.3. The first kappa shape index (κ1) is 13.1. The molecule has 0 radical (unpaired) electrons. The molecule has 0 aromatic heterocycles. The number of hydrogen-bond acceptors (Lipinski definition) is 3. The van der Waals surface area contributed by atoms with Crippen LogP contribution in [0.25, 0.3) is 0 Å². The number of rotatable bonds is 4. The maximum Gasteiger partial charge on any atom is 0.243 e. The third-order valence-corrected chi connectivity index (χ3v) is 3.40. The lowest BCUT2D eigenvalue weighted by molar-refractivity contribution is 0.560. The normalized spacial score (nSPS) is 11.4. The summed E-state index contributed by atoms with van der Waals surface area (Å²) in [4.78, 5) is -0.471. The molecule has 0 bridgehead atoms. The monoisotopic (exact) mass is 308 g/mol. The van der Waals surface area contributed by atoms with Gasteiger partial charge in [0.2, 0.25) is 10.0 Å². The predicted octanol–water partition coefficient (Wildman–Crippen LogP) is 1.59. The number of nitrogen functional groups attached to an aromatic ring is 1. The van der Waals surface area contributed by atoms with E-state index in [4.69, 9.17) is 5.73 Å². The van der Waals surface area contributed by atoms with E-state index in [1.807, 2.05) is 0 Å². The summed E-state index contributed by atoms with van der Waals surface area (Å²) in [7, 11) is -3.90. The molecule has 0 heterocycles. The van der Waals surface area contributed by atoms with E-state index in [0.29, 0.717) is 4.48 Å². The lowest BCUT2D eigenvalue weighted by atomic mass is 10.3. The largest absolute Gasteiger partial charge is 0.399 e. The molecule has 0 aliphatic carbocycles. The molecule has 16 heavy (non-hydrogen) atoms. The number of nitrogens with one attached hydrogen (secondary N) is 1. The van der Waals surface area contributed by atoms with E-state index >= 15 is 0 Å². The van der Waals surface area contributed by atoms with E-state index < -0.39 is 20.7 Å². The van der Waals surface area contributed by atoms with Gasteiger partial charge in [0.15, 0.2) is 0 Å². The highest BCUT2D eigenvalue weighted by Crippen LogP contribution is 2.17. The van der Waals surface area contributed by atoms with Crippen LogP contribution in [0.2, 0.25) is 0 Å². The maximum absolute atomic E-state index is 13.3. The third kappa shape index (κ3) is 3.29. The molecule has 1 aromatic rings. The summed E-state index contributed by atoms with van der Waals surface area (Å²) in [6.07, 6.45) is 0. The number of benzene rings is 1. The Morgan fingerprint density at radius 3 is 2.75 bits per heavy atom. The molecule has 0 spiro atoms. The Kier molecular flexibility index (Phi) is 4.06. The molecular formula is C9H10BrFN2O2S. The van der Waals surface area contributed by atoms with Crippen LogP contribution in [-0.2, 0) is 10.0 Å². The Labute approximate surface area is 102 Å². The van der Waals surface area contributed by atoms with Gasteiger partial charge in [-0.25, -0.2) is 17.5 Å². The minimum absolute atomic E-state index is 0.0173. The quantitative estimate of drug-likeness (QED) is 0.830. The summed E-state index contributed by atoms with van der Waals surface area (Å²) in [6, 6.07) is 3.36. The fourth-order valence-corrected chi connectivity index (χ4v) is 2.44. The highest BCUT2D eigenvalue weighted by atomic mass is 79.9. The first-order valence-corrected chi connectivity index (χ1v) is 6.48. The van der Waals surface area contributed by atoms with Crippen LogP contribution in [0.3, 0.4) is 0 Å². The van der Waals surface area contributed by atoms with Crippen molar-refractivity contribution in [3.8, 4) is 0 Å². The van der Waals surface area contributed by atoms with Crippen molar-refractivity contribution >= 4 is 31.6 Å². The molecule has 4 nitrogen and oxygen atoms in total. The van der Waals surface area contributed by atoms with Crippen molar-refractivity contribution in [2.45, 2.75) is 4.90 Å². The van der Waals surface area contributed by atoms with E-state index in [1.54, 1.807) is 0 Å². The first-order valence-electron chi connectivity index (χ1n) is 4.21. The Bertz CT molecular complexity index is 516. The van der Waals surface area contributed by atoms with Crippen LogP contribution in [0.5, 0.6) is 0 Å². The van der Waals surface area contributed by atoms with E-state index in [-0.39, 0.29) is 12.2 Å². The molecule has 0 atom stereocenters. The summed E-state index contributed by atoms with van der Waals surface area (Å²) in [5.74, 6) is -0.845. The summed E-state index contributed by atoms with van der Waals surface area (Å²) in [5, 5.41) is 0. The molecule has 0 amide bonds. The van der Waals surface area contributed by atoms with Crippen molar-refractivity contribution in [2.75, 3.05) is 12.3 Å². The van der Waals surface area contributed by atoms with Gasteiger partial charge in [-0.2, -0.15) is 0 Å². The second kappa shape index (κ2) is 4.94. The molecule has 3 N–H and O–H groups in total. The molecule has 1 rings (SSSR count). The average molecular weight is 309 g/mol. The Balaban J connectivity index is 3.07. The van der Waals surface area contributed by atoms with Crippen molar-refractivity contribution in [1.82, 2.24) is 4.72 Å².